The molecule has 20 heavy (non-hydrogen) atoms. The second-order valence-corrected chi connectivity index (χ2v) is 5.85. The van der Waals surface area contributed by atoms with E-state index in [0.29, 0.717) is 12.8 Å². The first-order valence-electron chi connectivity index (χ1n) is 7.67. The fraction of sp³-hybridized carbons (Fsp3) is 0.529. The molecule has 3 heteroatoms. The van der Waals surface area contributed by atoms with Crippen LogP contribution in [0, 0.1) is 0 Å². The lowest BCUT2D eigenvalue weighted by atomic mass is 10.0. The summed E-state index contributed by atoms with van der Waals surface area (Å²) in [6, 6.07) is 6.04. The third kappa shape index (κ3) is 2.77. The molecule has 0 aromatic heterocycles. The Hall–Kier alpha value is -1.64. The average Bonchev–Trinajstić information content (AvgIpc) is 3.13. The highest BCUT2D eigenvalue weighted by Gasteiger charge is 2.19. The molecule has 106 valence electrons. The van der Waals surface area contributed by atoms with E-state index in [1.54, 1.807) is 0 Å². The molecule has 2 aliphatic rings. The number of hydrogen-bond acceptors (Lipinski definition) is 2. The fourth-order valence-corrected chi connectivity index (χ4v) is 3.23. The summed E-state index contributed by atoms with van der Waals surface area (Å²) in [6.45, 7) is 1.73. The second-order valence-electron chi connectivity index (χ2n) is 5.85. The van der Waals surface area contributed by atoms with Crippen molar-refractivity contribution in [3.8, 4) is 0 Å². The molecule has 0 atom stereocenters. The Bertz CT molecular complexity index is 530. The van der Waals surface area contributed by atoms with Crippen LogP contribution in [0.5, 0.6) is 0 Å². The van der Waals surface area contributed by atoms with Gasteiger partial charge in [-0.1, -0.05) is 12.1 Å². The van der Waals surface area contributed by atoms with Crippen molar-refractivity contribution in [2.45, 2.75) is 44.9 Å². The van der Waals surface area contributed by atoms with Crippen LogP contribution < -0.4 is 0 Å². The quantitative estimate of drug-likeness (QED) is 0.790. The second kappa shape index (κ2) is 5.78. The van der Waals surface area contributed by atoms with Gasteiger partial charge >= 0.3 is 0 Å². The number of benzene rings is 1. The van der Waals surface area contributed by atoms with Gasteiger partial charge in [0, 0.05) is 31.5 Å². The van der Waals surface area contributed by atoms with Crippen LogP contribution in [0.25, 0.3) is 0 Å². The number of hydrogen-bond donors (Lipinski definition) is 0. The highest BCUT2D eigenvalue weighted by atomic mass is 16.2. The maximum atomic E-state index is 12.2. The Morgan fingerprint density at radius 3 is 2.50 bits per heavy atom. The van der Waals surface area contributed by atoms with Gasteiger partial charge in [-0.2, -0.15) is 0 Å². The van der Waals surface area contributed by atoms with Crippen molar-refractivity contribution in [3.05, 3.63) is 34.9 Å². The molecule has 1 saturated heterocycles. The number of nitrogens with zero attached hydrogens (tertiary/aromatic N) is 1. The monoisotopic (exact) mass is 271 g/mol. The average molecular weight is 271 g/mol. The van der Waals surface area contributed by atoms with Gasteiger partial charge in [0.2, 0.25) is 5.91 Å². The third-order valence-corrected chi connectivity index (χ3v) is 4.45. The van der Waals surface area contributed by atoms with E-state index in [9.17, 15) is 9.59 Å². The molecule has 3 rings (SSSR count). The lowest BCUT2D eigenvalue weighted by molar-refractivity contribution is -0.130. The molecule has 1 aromatic rings. The topological polar surface area (TPSA) is 37.4 Å². The molecule has 0 radical (unpaired) electrons. The molecular weight excluding hydrogens is 250 g/mol. The van der Waals surface area contributed by atoms with Crippen LogP contribution in [0.3, 0.4) is 0 Å². The number of likely N-dealkylation sites (tertiary alicyclic amines) is 1. The highest BCUT2D eigenvalue weighted by molar-refractivity contribution is 5.98. The van der Waals surface area contributed by atoms with Gasteiger partial charge in [-0.15, -0.1) is 0 Å². The number of carbonyl (C=O) groups is 2. The minimum absolute atomic E-state index is 0.104. The Kier molecular flexibility index (Phi) is 3.86. The number of rotatable bonds is 4. The molecule has 1 aliphatic heterocycles. The molecule has 0 N–H and O–H groups in total. The Labute approximate surface area is 120 Å². The normalized spacial score (nSPS) is 17.3. The summed E-state index contributed by atoms with van der Waals surface area (Å²) in [5, 5.41) is 0. The maximum absolute atomic E-state index is 12.2. The zero-order valence-corrected chi connectivity index (χ0v) is 11.9. The van der Waals surface area contributed by atoms with Crippen molar-refractivity contribution in [2.75, 3.05) is 13.1 Å². The Morgan fingerprint density at radius 2 is 1.70 bits per heavy atom. The summed E-state index contributed by atoms with van der Waals surface area (Å²) in [6.07, 6.45) is 6.32. The first-order valence-corrected chi connectivity index (χ1v) is 7.67. The predicted molar refractivity (Wildman–Crippen MR) is 77.8 cm³/mol. The van der Waals surface area contributed by atoms with Crippen LogP contribution in [0.1, 0.15) is 53.6 Å². The van der Waals surface area contributed by atoms with Gasteiger partial charge in [-0.05, 0) is 49.3 Å². The summed E-state index contributed by atoms with van der Waals surface area (Å²) in [5.41, 5.74) is 3.48. The Morgan fingerprint density at radius 1 is 0.950 bits per heavy atom. The number of Topliss-reactive ketones (excluding diaryl/α,β-unsaturated/α-hetero) is 1. The molecule has 1 aromatic carbocycles. The van der Waals surface area contributed by atoms with E-state index in [4.69, 9.17) is 0 Å². The van der Waals surface area contributed by atoms with E-state index in [2.05, 4.69) is 6.07 Å². The van der Waals surface area contributed by atoms with Gasteiger partial charge in [0.15, 0.2) is 5.78 Å². The van der Waals surface area contributed by atoms with Crippen LogP contribution in [-0.2, 0) is 17.6 Å². The molecule has 0 spiro atoms. The molecular formula is C17H21NO2. The number of aryl methyl sites for hydroxylation is 2. The molecule has 1 heterocycles. The van der Waals surface area contributed by atoms with Crippen LogP contribution in [0.4, 0.5) is 0 Å². The molecule has 0 unspecified atom stereocenters. The van der Waals surface area contributed by atoms with Crippen molar-refractivity contribution >= 4 is 11.7 Å². The van der Waals surface area contributed by atoms with E-state index in [-0.39, 0.29) is 11.7 Å². The summed E-state index contributed by atoms with van der Waals surface area (Å²) in [5.74, 6) is 0.240. The minimum Gasteiger partial charge on any atom is -0.343 e. The molecule has 0 bridgehead atoms. The lowest BCUT2D eigenvalue weighted by Gasteiger charge is -2.14. The molecule has 0 saturated carbocycles. The van der Waals surface area contributed by atoms with E-state index in [1.165, 1.54) is 17.5 Å². The molecule has 1 aliphatic carbocycles. The standard InChI is InChI=1S/C17H21NO2/c19-16(8-9-17(20)18-10-1-2-11-18)15-7-6-13-4-3-5-14(13)12-15/h6-7,12H,1-5,8-11H2. The summed E-state index contributed by atoms with van der Waals surface area (Å²) >= 11 is 0. The Balaban J connectivity index is 1.57. The van der Waals surface area contributed by atoms with Gasteiger partial charge in [0.1, 0.15) is 0 Å². The van der Waals surface area contributed by atoms with E-state index in [1.807, 2.05) is 17.0 Å². The van der Waals surface area contributed by atoms with Crippen LogP contribution in [0.15, 0.2) is 18.2 Å². The predicted octanol–water partition coefficient (Wildman–Crippen LogP) is 2.76. The summed E-state index contributed by atoms with van der Waals surface area (Å²) < 4.78 is 0. The fourth-order valence-electron chi connectivity index (χ4n) is 3.23. The number of ketones is 1. The van der Waals surface area contributed by atoms with Crippen LogP contribution in [-0.4, -0.2) is 29.7 Å². The minimum atomic E-state index is 0.104. The van der Waals surface area contributed by atoms with E-state index in [0.717, 1.165) is 44.3 Å². The third-order valence-electron chi connectivity index (χ3n) is 4.45. The smallest absolute Gasteiger partial charge is 0.223 e. The van der Waals surface area contributed by atoms with Gasteiger partial charge in [0.05, 0.1) is 0 Å². The van der Waals surface area contributed by atoms with Crippen molar-refractivity contribution in [1.29, 1.82) is 0 Å². The van der Waals surface area contributed by atoms with Gasteiger partial charge in [-0.25, -0.2) is 0 Å². The molecule has 1 amide bonds. The lowest BCUT2D eigenvalue weighted by Crippen LogP contribution is -2.27. The zero-order chi connectivity index (χ0) is 13.9. The number of carbonyl (C=O) groups excluding carboxylic acids is 2. The van der Waals surface area contributed by atoms with Crippen LogP contribution >= 0.6 is 0 Å². The van der Waals surface area contributed by atoms with Gasteiger partial charge in [-0.3, -0.25) is 9.59 Å². The molecule has 3 nitrogen and oxygen atoms in total. The van der Waals surface area contributed by atoms with Gasteiger partial charge < -0.3 is 4.90 Å². The summed E-state index contributed by atoms with van der Waals surface area (Å²) in [7, 11) is 0. The van der Waals surface area contributed by atoms with Crippen molar-refractivity contribution in [1.82, 2.24) is 4.90 Å². The first-order chi connectivity index (χ1) is 9.74. The molecule has 1 fully saturated rings. The SMILES string of the molecule is O=C(CCC(=O)N1CCCC1)c1ccc2c(c1)CCC2. The number of fused-ring (bicyclic) bond motifs is 1. The maximum Gasteiger partial charge on any atom is 0.223 e. The van der Waals surface area contributed by atoms with Crippen molar-refractivity contribution in [3.63, 3.8) is 0 Å². The zero-order valence-electron chi connectivity index (χ0n) is 11.9. The van der Waals surface area contributed by atoms with Crippen LogP contribution in [0.2, 0.25) is 0 Å². The largest absolute Gasteiger partial charge is 0.343 e. The first kappa shape index (κ1) is 13.3. The van der Waals surface area contributed by atoms with E-state index >= 15 is 0 Å². The van der Waals surface area contributed by atoms with Crippen molar-refractivity contribution < 1.29 is 9.59 Å². The van der Waals surface area contributed by atoms with E-state index < -0.39 is 0 Å². The van der Waals surface area contributed by atoms with Crippen molar-refractivity contribution in [2.24, 2.45) is 0 Å². The summed E-state index contributed by atoms with van der Waals surface area (Å²) in [4.78, 5) is 26.0. The highest BCUT2D eigenvalue weighted by Crippen LogP contribution is 2.23. The number of amides is 1. The van der Waals surface area contributed by atoms with Gasteiger partial charge in [0.25, 0.3) is 0 Å².